The van der Waals surface area contributed by atoms with Gasteiger partial charge in [0.2, 0.25) is 5.91 Å². The summed E-state index contributed by atoms with van der Waals surface area (Å²) in [7, 11) is 0. The first kappa shape index (κ1) is 17.1. The third-order valence-corrected chi connectivity index (χ3v) is 4.20. The molecule has 2 heterocycles. The van der Waals surface area contributed by atoms with Crippen LogP contribution in [0.1, 0.15) is 17.7 Å². The van der Waals surface area contributed by atoms with Crippen molar-refractivity contribution in [2.75, 3.05) is 31.1 Å². The molecule has 5 nitrogen and oxygen atoms in total. The third-order valence-electron chi connectivity index (χ3n) is 4.20. The van der Waals surface area contributed by atoms with Crippen LogP contribution in [-0.2, 0) is 4.79 Å². The van der Waals surface area contributed by atoms with Gasteiger partial charge in [-0.1, -0.05) is 12.1 Å². The van der Waals surface area contributed by atoms with Crippen LogP contribution in [0.3, 0.4) is 0 Å². The molecule has 130 valence electrons. The first-order valence-electron chi connectivity index (χ1n) is 8.40. The molecule has 0 radical (unpaired) electrons. The second-order valence-corrected chi connectivity index (χ2v) is 6.08. The van der Waals surface area contributed by atoms with Gasteiger partial charge in [0.1, 0.15) is 5.82 Å². The van der Waals surface area contributed by atoms with Crippen LogP contribution in [0.15, 0.2) is 42.5 Å². The van der Waals surface area contributed by atoms with Gasteiger partial charge in [0.15, 0.2) is 5.82 Å². The molecule has 1 aromatic carbocycles. The molecule has 0 saturated carbocycles. The highest BCUT2D eigenvalue weighted by Crippen LogP contribution is 2.13. The molecule has 0 bridgehead atoms. The number of rotatable bonds is 3. The van der Waals surface area contributed by atoms with Gasteiger partial charge in [-0.2, -0.15) is 5.10 Å². The maximum atomic E-state index is 12.9. The van der Waals surface area contributed by atoms with Crippen molar-refractivity contribution >= 4 is 17.8 Å². The summed E-state index contributed by atoms with van der Waals surface area (Å²) >= 11 is 0. The predicted molar refractivity (Wildman–Crippen MR) is 95.6 cm³/mol. The summed E-state index contributed by atoms with van der Waals surface area (Å²) < 4.78 is 12.9. The highest BCUT2D eigenvalue weighted by atomic mass is 19.1. The maximum absolute atomic E-state index is 12.9. The van der Waals surface area contributed by atoms with Crippen molar-refractivity contribution < 1.29 is 9.18 Å². The number of carbonyl (C=O) groups is 1. The van der Waals surface area contributed by atoms with Gasteiger partial charge < -0.3 is 9.80 Å². The summed E-state index contributed by atoms with van der Waals surface area (Å²) in [6.07, 6.45) is 4.15. The predicted octanol–water partition coefficient (Wildman–Crippen LogP) is 2.68. The van der Waals surface area contributed by atoms with Crippen LogP contribution < -0.4 is 4.90 Å². The van der Waals surface area contributed by atoms with Crippen molar-refractivity contribution in [3.63, 3.8) is 0 Å². The molecule has 1 fully saturated rings. The molecule has 2 aromatic rings. The van der Waals surface area contributed by atoms with Gasteiger partial charge in [0.05, 0.1) is 5.69 Å². The van der Waals surface area contributed by atoms with Gasteiger partial charge in [-0.3, -0.25) is 4.79 Å². The maximum Gasteiger partial charge on any atom is 0.246 e. The number of amides is 1. The topological polar surface area (TPSA) is 49.3 Å². The largest absolute Gasteiger partial charge is 0.353 e. The van der Waals surface area contributed by atoms with E-state index >= 15 is 0 Å². The zero-order chi connectivity index (χ0) is 17.6. The molecule has 25 heavy (non-hydrogen) atoms. The Kier molecular flexibility index (Phi) is 5.38. The van der Waals surface area contributed by atoms with Crippen LogP contribution in [-0.4, -0.2) is 47.2 Å². The number of benzene rings is 1. The average molecular weight is 340 g/mol. The minimum Gasteiger partial charge on any atom is -0.353 e. The first-order chi connectivity index (χ1) is 12.1. The van der Waals surface area contributed by atoms with Crippen LogP contribution in [0, 0.1) is 12.7 Å². The average Bonchev–Trinajstić information content (AvgIpc) is 2.88. The lowest BCUT2D eigenvalue weighted by Crippen LogP contribution is -2.34. The SMILES string of the molecule is Cc1ccc(N2CCCN(C(=O)C=Cc3ccc(F)cc3)CC2)nn1. The molecule has 6 heteroatoms. The number of hydrogen-bond acceptors (Lipinski definition) is 4. The molecule has 3 rings (SSSR count). The van der Waals surface area contributed by atoms with E-state index in [9.17, 15) is 9.18 Å². The van der Waals surface area contributed by atoms with E-state index in [0.29, 0.717) is 13.1 Å². The first-order valence-corrected chi connectivity index (χ1v) is 8.40. The summed E-state index contributed by atoms with van der Waals surface area (Å²) in [5, 5.41) is 8.32. The van der Waals surface area contributed by atoms with Crippen molar-refractivity contribution in [2.45, 2.75) is 13.3 Å². The molecule has 1 saturated heterocycles. The van der Waals surface area contributed by atoms with Crippen molar-refractivity contribution in [1.82, 2.24) is 15.1 Å². The molecule has 0 spiro atoms. The lowest BCUT2D eigenvalue weighted by Gasteiger charge is -2.21. The second-order valence-electron chi connectivity index (χ2n) is 6.08. The van der Waals surface area contributed by atoms with E-state index < -0.39 is 0 Å². The number of aryl methyl sites for hydroxylation is 1. The monoisotopic (exact) mass is 340 g/mol. The fraction of sp³-hybridized carbons (Fsp3) is 0.316. The number of nitrogens with zero attached hydrogens (tertiary/aromatic N) is 4. The lowest BCUT2D eigenvalue weighted by molar-refractivity contribution is -0.125. The van der Waals surface area contributed by atoms with Crippen molar-refractivity contribution in [3.8, 4) is 0 Å². The summed E-state index contributed by atoms with van der Waals surface area (Å²) in [5.74, 6) is 0.540. The fourth-order valence-corrected chi connectivity index (χ4v) is 2.77. The Bertz CT molecular complexity index is 743. The number of carbonyl (C=O) groups excluding carboxylic acids is 1. The normalized spacial score (nSPS) is 15.4. The Hall–Kier alpha value is -2.76. The van der Waals surface area contributed by atoms with Crippen molar-refractivity contribution in [1.29, 1.82) is 0 Å². The van der Waals surface area contributed by atoms with Crippen LogP contribution in [0.25, 0.3) is 6.08 Å². The van der Waals surface area contributed by atoms with Crippen LogP contribution >= 0.6 is 0 Å². The Balaban J connectivity index is 1.59. The van der Waals surface area contributed by atoms with Crippen LogP contribution in [0.5, 0.6) is 0 Å². The molecule has 1 aliphatic rings. The highest BCUT2D eigenvalue weighted by Gasteiger charge is 2.18. The Labute approximate surface area is 146 Å². The second kappa shape index (κ2) is 7.88. The van der Waals surface area contributed by atoms with Gasteiger partial charge in [-0.05, 0) is 49.2 Å². The number of hydrogen-bond donors (Lipinski definition) is 0. The summed E-state index contributed by atoms with van der Waals surface area (Å²) in [6.45, 7) is 4.84. The van der Waals surface area contributed by atoms with Gasteiger partial charge in [0, 0.05) is 32.3 Å². The molecule has 0 unspecified atom stereocenters. The van der Waals surface area contributed by atoms with Gasteiger partial charge in [-0.25, -0.2) is 4.39 Å². The number of anilines is 1. The zero-order valence-corrected chi connectivity index (χ0v) is 14.2. The lowest BCUT2D eigenvalue weighted by atomic mass is 10.2. The quantitative estimate of drug-likeness (QED) is 0.806. The van der Waals surface area contributed by atoms with E-state index in [-0.39, 0.29) is 11.7 Å². The zero-order valence-electron chi connectivity index (χ0n) is 14.2. The van der Waals surface area contributed by atoms with E-state index in [0.717, 1.165) is 36.6 Å². The van der Waals surface area contributed by atoms with Crippen LogP contribution in [0.2, 0.25) is 0 Å². The molecule has 1 aromatic heterocycles. The van der Waals surface area contributed by atoms with Crippen molar-refractivity contribution in [2.24, 2.45) is 0 Å². The molecule has 0 atom stereocenters. The molecule has 0 N–H and O–H groups in total. The van der Waals surface area contributed by atoms with E-state index in [1.165, 1.54) is 12.1 Å². The minimum atomic E-state index is -0.282. The van der Waals surface area contributed by atoms with E-state index in [1.54, 1.807) is 24.3 Å². The van der Waals surface area contributed by atoms with Crippen molar-refractivity contribution in [3.05, 3.63) is 59.5 Å². The summed E-state index contributed by atoms with van der Waals surface area (Å²) in [4.78, 5) is 16.4. The number of halogens is 1. The van der Waals surface area contributed by atoms with Gasteiger partial charge in [-0.15, -0.1) is 5.10 Å². The minimum absolute atomic E-state index is 0.0267. The van der Waals surface area contributed by atoms with E-state index in [2.05, 4.69) is 15.1 Å². The third kappa shape index (κ3) is 4.62. The van der Waals surface area contributed by atoms with E-state index in [4.69, 9.17) is 0 Å². The van der Waals surface area contributed by atoms with Crippen LogP contribution in [0.4, 0.5) is 10.2 Å². The molecular formula is C19H21FN4O. The van der Waals surface area contributed by atoms with E-state index in [1.807, 2.05) is 24.0 Å². The highest BCUT2D eigenvalue weighted by molar-refractivity contribution is 5.91. The standard InChI is InChI=1S/C19H21FN4O/c1-15-3-9-18(22-21-15)23-11-2-12-24(14-13-23)19(25)10-6-16-4-7-17(20)8-5-16/h3-10H,2,11-14H2,1H3. The Morgan fingerprint density at radius 3 is 2.56 bits per heavy atom. The van der Waals surface area contributed by atoms with Gasteiger partial charge >= 0.3 is 0 Å². The van der Waals surface area contributed by atoms with Gasteiger partial charge in [0.25, 0.3) is 0 Å². The fourth-order valence-electron chi connectivity index (χ4n) is 2.77. The molecule has 1 aliphatic heterocycles. The Morgan fingerprint density at radius 2 is 1.84 bits per heavy atom. The Morgan fingerprint density at radius 1 is 1.04 bits per heavy atom. The molecule has 0 aliphatic carbocycles. The summed E-state index contributed by atoms with van der Waals surface area (Å²) in [6, 6.07) is 9.99. The smallest absolute Gasteiger partial charge is 0.246 e. The molecule has 1 amide bonds. The number of aromatic nitrogens is 2. The summed E-state index contributed by atoms with van der Waals surface area (Å²) in [5.41, 5.74) is 1.70. The molecular weight excluding hydrogens is 319 g/mol.